The van der Waals surface area contributed by atoms with Crippen LogP contribution in [-0.2, 0) is 13.7 Å². The highest BCUT2D eigenvalue weighted by atomic mass is 32.3. The number of rotatable bonds is 8. The Labute approximate surface area is 248 Å². The highest BCUT2D eigenvalue weighted by Gasteiger charge is 2.52. The number of hydrogen-bond acceptors (Lipinski definition) is 6. The molecule has 3 aromatic carbocycles. The average molecular weight is 629 g/mol. The lowest BCUT2D eigenvalue weighted by Crippen LogP contribution is -2.28. The summed E-state index contributed by atoms with van der Waals surface area (Å²) in [5.74, 6) is 1.12. The molecule has 232 valence electrons. The Morgan fingerprint density at radius 2 is 0.905 bits per heavy atom. The van der Waals surface area contributed by atoms with Gasteiger partial charge in [0.2, 0.25) is 0 Å². The maximum atomic E-state index is 14.0. The molecule has 0 spiro atoms. The Bertz CT molecular complexity index is 1420. The molecule has 0 N–H and O–H groups in total. The van der Waals surface area contributed by atoms with Crippen LogP contribution in [0, 0.1) is 0 Å². The molecule has 3 rings (SSSR count). The summed E-state index contributed by atoms with van der Waals surface area (Å²) in [6, 6.07) is 18.8. The molecule has 0 bridgehead atoms. The molecule has 0 aliphatic rings. The highest BCUT2D eigenvalue weighted by Crippen LogP contribution is 2.71. The molecule has 0 heterocycles. The molecule has 0 amide bonds. The minimum Gasteiger partial charge on any atom is -0.488 e. The molecule has 0 radical (unpaired) electrons. The van der Waals surface area contributed by atoms with Crippen LogP contribution < -0.4 is 14.2 Å². The van der Waals surface area contributed by atoms with Crippen LogP contribution in [0.15, 0.2) is 87.5 Å². The lowest BCUT2D eigenvalue weighted by Gasteiger charge is -2.40. The van der Waals surface area contributed by atoms with Crippen LogP contribution in [0.1, 0.15) is 62.3 Å². The molecule has 0 atom stereocenters. The van der Waals surface area contributed by atoms with Gasteiger partial charge in [-0.25, -0.2) is 0 Å². The fourth-order valence-electron chi connectivity index (χ4n) is 3.89. The minimum atomic E-state index is -6.11. The van der Waals surface area contributed by atoms with E-state index in [0.29, 0.717) is 17.2 Å². The first-order valence-corrected chi connectivity index (χ1v) is 16.2. The number of benzene rings is 3. The number of alkyl halides is 3. The molecular weight excluding hydrogens is 589 g/mol. The molecule has 0 saturated carbocycles. The molecule has 42 heavy (non-hydrogen) atoms. The van der Waals surface area contributed by atoms with Crippen LogP contribution in [0.3, 0.4) is 0 Å². The van der Waals surface area contributed by atoms with Gasteiger partial charge in [0.15, 0.2) is 0 Å². The van der Waals surface area contributed by atoms with E-state index in [1.54, 1.807) is 36.4 Å². The molecule has 0 aromatic heterocycles. The van der Waals surface area contributed by atoms with Crippen LogP contribution in [0.25, 0.3) is 0 Å². The van der Waals surface area contributed by atoms with E-state index in [1.165, 1.54) is 36.4 Å². The summed E-state index contributed by atoms with van der Waals surface area (Å²) in [5.41, 5.74) is -7.50. The first kappa shape index (κ1) is 33.6. The first-order valence-electron chi connectivity index (χ1n) is 13.2. The summed E-state index contributed by atoms with van der Waals surface area (Å²) in [5, 5.41) is 0. The van der Waals surface area contributed by atoms with Crippen molar-refractivity contribution in [3.63, 3.8) is 0 Å². The second-order valence-electron chi connectivity index (χ2n) is 12.6. The van der Waals surface area contributed by atoms with Gasteiger partial charge in [-0.2, -0.15) is 25.2 Å². The fourth-order valence-corrected chi connectivity index (χ4v) is 8.66. The quantitative estimate of drug-likeness (QED) is 0.232. The van der Waals surface area contributed by atoms with E-state index in [-0.39, 0.29) is 14.7 Å². The van der Waals surface area contributed by atoms with Crippen LogP contribution >= 0.6 is 10.3 Å². The third kappa shape index (κ3) is 8.58. The lowest BCUT2D eigenvalue weighted by molar-refractivity contribution is -0.0496. The molecule has 0 fully saturated rings. The fraction of sp³-hybridized carbons (Fsp3) is 0.419. The zero-order valence-corrected chi connectivity index (χ0v) is 27.0. The molecule has 11 heteroatoms. The van der Waals surface area contributed by atoms with Crippen molar-refractivity contribution >= 4 is 20.4 Å². The van der Waals surface area contributed by atoms with E-state index < -0.39 is 42.7 Å². The van der Waals surface area contributed by atoms with E-state index in [1.807, 2.05) is 62.3 Å². The SMILES string of the molecule is CC(C)(C)Oc1ccc(S(OS(=O)(=O)C(F)(F)F)(c2cccc(OC(C)(C)C)c2)c2cccc(OC(C)(C)C)c2)cc1. The Balaban J connectivity index is 2.42. The summed E-state index contributed by atoms with van der Waals surface area (Å²) in [6.07, 6.45) is 0. The Kier molecular flexibility index (Phi) is 9.33. The molecule has 3 aromatic rings. The predicted molar refractivity (Wildman–Crippen MR) is 159 cm³/mol. The summed E-state index contributed by atoms with van der Waals surface area (Å²) in [7, 11) is -9.72. The zero-order valence-electron chi connectivity index (χ0n) is 25.3. The third-order valence-corrected chi connectivity index (χ3v) is 10.0. The maximum absolute atomic E-state index is 14.0. The van der Waals surface area contributed by atoms with E-state index in [0.717, 1.165) is 0 Å². The van der Waals surface area contributed by atoms with Gasteiger partial charge in [-0.15, -0.1) is 0 Å². The predicted octanol–water partition coefficient (Wildman–Crippen LogP) is 9.28. The average Bonchev–Trinajstić information content (AvgIpc) is 2.79. The van der Waals surface area contributed by atoms with Crippen molar-refractivity contribution in [3.8, 4) is 17.2 Å². The molecule has 0 aliphatic carbocycles. The summed E-state index contributed by atoms with van der Waals surface area (Å²) in [6.45, 7) is 16.5. The zero-order chi connectivity index (χ0) is 31.8. The Morgan fingerprint density at radius 1 is 0.524 bits per heavy atom. The first-order chi connectivity index (χ1) is 19.0. The topological polar surface area (TPSA) is 71.1 Å². The van der Waals surface area contributed by atoms with E-state index in [4.69, 9.17) is 17.8 Å². The summed E-state index contributed by atoms with van der Waals surface area (Å²) in [4.78, 5) is 0.543. The summed E-state index contributed by atoms with van der Waals surface area (Å²) >= 11 is 0. The van der Waals surface area contributed by atoms with Crippen molar-refractivity contribution in [1.29, 1.82) is 0 Å². The largest absolute Gasteiger partial charge is 0.524 e. The van der Waals surface area contributed by atoms with Gasteiger partial charge < -0.3 is 14.2 Å². The van der Waals surface area contributed by atoms with Crippen LogP contribution in [0.5, 0.6) is 17.2 Å². The monoisotopic (exact) mass is 628 g/mol. The van der Waals surface area contributed by atoms with Crippen molar-refractivity contribution in [2.24, 2.45) is 0 Å². The maximum Gasteiger partial charge on any atom is 0.524 e. The van der Waals surface area contributed by atoms with Gasteiger partial charge in [0.1, 0.15) is 34.1 Å². The van der Waals surface area contributed by atoms with Crippen LogP contribution in [-0.4, -0.2) is 30.7 Å². The lowest BCUT2D eigenvalue weighted by atomic mass is 10.2. The number of halogens is 3. The number of ether oxygens (including phenoxy) is 3. The summed E-state index contributed by atoms with van der Waals surface area (Å²) < 4.78 is 91.1. The van der Waals surface area contributed by atoms with E-state index in [2.05, 4.69) is 0 Å². The van der Waals surface area contributed by atoms with Gasteiger partial charge in [-0.1, -0.05) is 12.1 Å². The van der Waals surface area contributed by atoms with Gasteiger partial charge in [0, 0.05) is 14.7 Å². The standard InChI is InChI=1S/C31H39F3O6S2/c1-28(2,3)37-22-16-18-25(19-17-22)41(40-42(35,36)31(32,33)34,26-14-10-12-23(20-26)38-29(4,5)6)27-15-11-13-24(21-27)39-30(7,8)9/h10-21H,1-9H3. The molecule has 6 nitrogen and oxygen atoms in total. The van der Waals surface area contributed by atoms with Gasteiger partial charge in [-0.3, -0.25) is 0 Å². The second kappa shape index (κ2) is 11.7. The van der Waals surface area contributed by atoms with Gasteiger partial charge in [0.05, 0.1) is 0 Å². The third-order valence-electron chi connectivity index (χ3n) is 5.18. The number of hydrogen-bond donors (Lipinski definition) is 0. The van der Waals surface area contributed by atoms with Crippen LogP contribution in [0.4, 0.5) is 13.2 Å². The molecular formula is C31H39F3O6S2. The smallest absolute Gasteiger partial charge is 0.488 e. The highest BCUT2D eigenvalue weighted by molar-refractivity contribution is 8.33. The van der Waals surface area contributed by atoms with Gasteiger partial charge in [0.25, 0.3) is 0 Å². The Hall–Kier alpha value is -2.89. The second-order valence-corrected chi connectivity index (χ2v) is 17.0. The normalized spacial score (nSPS) is 13.9. The van der Waals surface area contributed by atoms with Crippen molar-refractivity contribution in [2.75, 3.05) is 0 Å². The Morgan fingerprint density at radius 3 is 1.26 bits per heavy atom. The molecule has 0 aliphatic heterocycles. The molecule has 0 unspecified atom stereocenters. The van der Waals surface area contributed by atoms with Gasteiger partial charge in [-0.05, 0) is 133 Å². The van der Waals surface area contributed by atoms with Crippen molar-refractivity contribution in [3.05, 3.63) is 72.8 Å². The van der Waals surface area contributed by atoms with Gasteiger partial charge >= 0.3 is 15.6 Å². The van der Waals surface area contributed by atoms with E-state index in [9.17, 15) is 21.6 Å². The van der Waals surface area contributed by atoms with Crippen molar-refractivity contribution < 1.29 is 39.4 Å². The van der Waals surface area contributed by atoms with E-state index >= 15 is 0 Å². The molecule has 0 saturated heterocycles. The van der Waals surface area contributed by atoms with Crippen molar-refractivity contribution in [2.45, 2.75) is 99.3 Å². The van der Waals surface area contributed by atoms with Crippen LogP contribution in [0.2, 0.25) is 0 Å². The van der Waals surface area contributed by atoms with Crippen molar-refractivity contribution in [1.82, 2.24) is 0 Å². The minimum absolute atomic E-state index is 0.175.